The number of para-hydroxylation sites is 4. The maximum atomic E-state index is 6.65. The zero-order valence-corrected chi connectivity index (χ0v) is 23.3. The third-order valence-corrected chi connectivity index (χ3v) is 8.57. The topological polar surface area (TPSA) is 21.3 Å². The van der Waals surface area contributed by atoms with E-state index >= 15 is 0 Å². The number of furan rings is 1. The van der Waals surface area contributed by atoms with Crippen molar-refractivity contribution >= 4 is 71.6 Å². The summed E-state index contributed by atoms with van der Waals surface area (Å²) in [6.07, 6.45) is 0. The molecule has 0 bridgehead atoms. The molecule has 0 aliphatic carbocycles. The Balaban J connectivity index is 1.25. The molecule has 0 N–H and O–H groups in total. The van der Waals surface area contributed by atoms with Gasteiger partial charge in [0, 0.05) is 38.6 Å². The Morgan fingerprint density at radius 2 is 1.05 bits per heavy atom. The van der Waals surface area contributed by atoms with E-state index in [0.717, 1.165) is 44.7 Å². The minimum atomic E-state index is 0.879. The maximum absolute atomic E-state index is 6.65. The number of fused-ring (bicyclic) bond motifs is 8. The summed E-state index contributed by atoms with van der Waals surface area (Å²) in [4.78, 5) is 2.29. The second-order valence-electron chi connectivity index (χ2n) is 11.0. The SMILES string of the molecule is c1ccc(N(c2ccc(-n3c4ccccc4c4ccccc43)cc2)c2cccc3c2oc2ccc4ccccc4c23)cc1. The lowest BCUT2D eigenvalue weighted by molar-refractivity contribution is 0.669. The van der Waals surface area contributed by atoms with Gasteiger partial charge in [0.1, 0.15) is 5.58 Å². The Bertz CT molecular complexity index is 2400. The van der Waals surface area contributed by atoms with Gasteiger partial charge in [0.2, 0.25) is 0 Å². The first-order valence-electron chi connectivity index (χ1n) is 14.6. The Morgan fingerprint density at radius 3 is 1.79 bits per heavy atom. The predicted octanol–water partition coefficient (Wildman–Crippen LogP) is 11.3. The van der Waals surface area contributed by atoms with E-state index in [0.29, 0.717) is 0 Å². The molecule has 43 heavy (non-hydrogen) atoms. The van der Waals surface area contributed by atoms with Gasteiger partial charge in [-0.2, -0.15) is 0 Å². The molecular formula is C40H26N2O. The molecule has 0 amide bonds. The van der Waals surface area contributed by atoms with Crippen LogP contribution in [0.2, 0.25) is 0 Å². The zero-order valence-electron chi connectivity index (χ0n) is 23.3. The molecule has 0 saturated heterocycles. The van der Waals surface area contributed by atoms with Crippen molar-refractivity contribution in [2.45, 2.75) is 0 Å². The summed E-state index contributed by atoms with van der Waals surface area (Å²) in [5.41, 5.74) is 8.46. The van der Waals surface area contributed by atoms with Gasteiger partial charge >= 0.3 is 0 Å². The molecule has 0 saturated carbocycles. The van der Waals surface area contributed by atoms with Crippen LogP contribution in [0.1, 0.15) is 0 Å². The number of aromatic nitrogens is 1. The molecule has 0 atom stereocenters. The van der Waals surface area contributed by atoms with E-state index in [2.05, 4.69) is 167 Å². The lowest BCUT2D eigenvalue weighted by Gasteiger charge is -2.25. The van der Waals surface area contributed by atoms with Gasteiger partial charge in [-0.05, 0) is 71.4 Å². The first-order valence-corrected chi connectivity index (χ1v) is 14.6. The highest BCUT2D eigenvalue weighted by atomic mass is 16.3. The largest absolute Gasteiger partial charge is 0.454 e. The molecule has 2 aromatic heterocycles. The Labute approximate surface area is 248 Å². The van der Waals surface area contributed by atoms with Crippen molar-refractivity contribution in [3.8, 4) is 5.69 Å². The third-order valence-electron chi connectivity index (χ3n) is 8.57. The predicted molar refractivity (Wildman–Crippen MR) is 180 cm³/mol. The van der Waals surface area contributed by atoms with Crippen LogP contribution in [-0.2, 0) is 0 Å². The number of anilines is 3. The molecule has 7 aromatic carbocycles. The van der Waals surface area contributed by atoms with Gasteiger partial charge in [-0.1, -0.05) is 97.1 Å². The van der Waals surface area contributed by atoms with Crippen LogP contribution < -0.4 is 4.90 Å². The summed E-state index contributed by atoms with van der Waals surface area (Å²) in [7, 11) is 0. The highest BCUT2D eigenvalue weighted by Crippen LogP contribution is 2.44. The fraction of sp³-hybridized carbons (Fsp3) is 0. The monoisotopic (exact) mass is 550 g/mol. The molecule has 202 valence electrons. The van der Waals surface area contributed by atoms with Crippen LogP contribution in [-0.4, -0.2) is 4.57 Å². The lowest BCUT2D eigenvalue weighted by Crippen LogP contribution is -2.10. The molecule has 9 aromatic rings. The van der Waals surface area contributed by atoms with E-state index in [4.69, 9.17) is 4.42 Å². The third kappa shape index (κ3) is 3.62. The van der Waals surface area contributed by atoms with Crippen LogP contribution in [0.4, 0.5) is 17.1 Å². The van der Waals surface area contributed by atoms with Gasteiger partial charge in [-0.25, -0.2) is 0 Å². The molecule has 0 unspecified atom stereocenters. The van der Waals surface area contributed by atoms with Crippen molar-refractivity contribution in [3.05, 3.63) is 158 Å². The lowest BCUT2D eigenvalue weighted by atomic mass is 10.0. The number of rotatable bonds is 4. The number of hydrogen-bond acceptors (Lipinski definition) is 2. The van der Waals surface area contributed by atoms with Crippen LogP contribution in [0.25, 0.3) is 60.2 Å². The number of benzene rings is 7. The number of nitrogens with zero attached hydrogens (tertiary/aromatic N) is 2. The molecule has 0 spiro atoms. The molecule has 0 fully saturated rings. The zero-order chi connectivity index (χ0) is 28.3. The number of hydrogen-bond donors (Lipinski definition) is 0. The molecular weight excluding hydrogens is 524 g/mol. The summed E-state index contributed by atoms with van der Waals surface area (Å²) in [6.45, 7) is 0. The standard InChI is InChI=1S/C40H26N2O/c1-2-12-28(13-3-1)41(37-20-10-17-34-39-31-14-5-4-11-27(31)21-26-38(39)43-40(34)37)29-22-24-30(25-23-29)42-35-18-8-6-15-32(35)33-16-7-9-19-36(33)42/h1-26H. The van der Waals surface area contributed by atoms with Gasteiger partial charge in [-0.15, -0.1) is 0 Å². The van der Waals surface area contributed by atoms with Gasteiger partial charge in [0.25, 0.3) is 0 Å². The molecule has 0 aliphatic heterocycles. The van der Waals surface area contributed by atoms with Crippen LogP contribution in [0, 0.1) is 0 Å². The van der Waals surface area contributed by atoms with Crippen molar-refractivity contribution in [1.82, 2.24) is 4.57 Å². The summed E-state index contributed by atoms with van der Waals surface area (Å²) < 4.78 is 9.00. The average molecular weight is 551 g/mol. The maximum Gasteiger partial charge on any atom is 0.159 e. The highest BCUT2D eigenvalue weighted by molar-refractivity contribution is 6.21. The van der Waals surface area contributed by atoms with Gasteiger partial charge in [0.05, 0.1) is 16.7 Å². The molecule has 0 radical (unpaired) electrons. The van der Waals surface area contributed by atoms with Crippen LogP contribution in [0.3, 0.4) is 0 Å². The quantitative estimate of drug-likeness (QED) is 0.217. The van der Waals surface area contributed by atoms with Crippen LogP contribution in [0.15, 0.2) is 162 Å². The summed E-state index contributed by atoms with van der Waals surface area (Å²) in [6, 6.07) is 55.9. The van der Waals surface area contributed by atoms with Crippen molar-refractivity contribution in [2.75, 3.05) is 4.90 Å². The van der Waals surface area contributed by atoms with Crippen molar-refractivity contribution in [2.24, 2.45) is 0 Å². The minimum Gasteiger partial charge on any atom is -0.454 e. The van der Waals surface area contributed by atoms with Crippen molar-refractivity contribution in [3.63, 3.8) is 0 Å². The van der Waals surface area contributed by atoms with E-state index in [-0.39, 0.29) is 0 Å². The van der Waals surface area contributed by atoms with Crippen LogP contribution in [0.5, 0.6) is 0 Å². The molecule has 9 rings (SSSR count). The Morgan fingerprint density at radius 1 is 0.442 bits per heavy atom. The Hall–Kier alpha value is -5.80. The molecule has 0 aliphatic rings. The fourth-order valence-electron chi connectivity index (χ4n) is 6.69. The first kappa shape index (κ1) is 23.9. The smallest absolute Gasteiger partial charge is 0.159 e. The van der Waals surface area contributed by atoms with Gasteiger partial charge in [0.15, 0.2) is 5.58 Å². The highest BCUT2D eigenvalue weighted by Gasteiger charge is 2.20. The Kier molecular flexibility index (Phi) is 5.20. The van der Waals surface area contributed by atoms with E-state index in [9.17, 15) is 0 Å². The minimum absolute atomic E-state index is 0.879. The summed E-state index contributed by atoms with van der Waals surface area (Å²) >= 11 is 0. The van der Waals surface area contributed by atoms with E-state index in [1.807, 2.05) is 0 Å². The summed E-state index contributed by atoms with van der Waals surface area (Å²) in [5, 5.41) is 7.22. The average Bonchev–Trinajstić information content (AvgIpc) is 3.63. The molecule has 3 heteroatoms. The van der Waals surface area contributed by atoms with Gasteiger partial charge < -0.3 is 13.9 Å². The first-order chi connectivity index (χ1) is 21.3. The normalized spacial score (nSPS) is 11.7. The van der Waals surface area contributed by atoms with Gasteiger partial charge in [-0.3, -0.25) is 0 Å². The molecule has 3 nitrogen and oxygen atoms in total. The second-order valence-corrected chi connectivity index (χ2v) is 11.0. The summed E-state index contributed by atoms with van der Waals surface area (Å²) in [5.74, 6) is 0. The van der Waals surface area contributed by atoms with Crippen molar-refractivity contribution in [1.29, 1.82) is 0 Å². The van der Waals surface area contributed by atoms with E-state index in [1.54, 1.807) is 0 Å². The van der Waals surface area contributed by atoms with Crippen molar-refractivity contribution < 1.29 is 4.42 Å². The second kappa shape index (κ2) is 9.37. The van der Waals surface area contributed by atoms with E-state index in [1.165, 1.54) is 32.6 Å². The fourth-order valence-corrected chi connectivity index (χ4v) is 6.69. The van der Waals surface area contributed by atoms with Crippen LogP contribution >= 0.6 is 0 Å². The molecule has 2 heterocycles. The van der Waals surface area contributed by atoms with E-state index < -0.39 is 0 Å².